The number of aryl methyl sites for hydroxylation is 1. The van der Waals surface area contributed by atoms with Crippen LogP contribution in [0.1, 0.15) is 17.4 Å². The van der Waals surface area contributed by atoms with Crippen LogP contribution in [0.5, 0.6) is 0 Å². The van der Waals surface area contributed by atoms with Gasteiger partial charge in [0, 0.05) is 30.6 Å². The molecule has 0 unspecified atom stereocenters. The largest absolute Gasteiger partial charge is 0.461 e. The maximum atomic E-state index is 11.8. The highest BCUT2D eigenvalue weighted by molar-refractivity contribution is 5.88. The van der Waals surface area contributed by atoms with Crippen molar-refractivity contribution < 1.29 is 9.53 Å². The van der Waals surface area contributed by atoms with Crippen LogP contribution in [-0.2, 0) is 11.8 Å². The summed E-state index contributed by atoms with van der Waals surface area (Å²) in [5.74, 6) is 0.221. The zero-order chi connectivity index (χ0) is 16.2. The molecule has 3 aromatic rings. The maximum Gasteiger partial charge on any atom is 0.358 e. The predicted octanol–water partition coefficient (Wildman–Crippen LogP) is 2.72. The summed E-state index contributed by atoms with van der Waals surface area (Å²) in [4.78, 5) is 20.5. The van der Waals surface area contributed by atoms with E-state index in [4.69, 9.17) is 4.74 Å². The molecule has 0 aliphatic heterocycles. The Morgan fingerprint density at radius 2 is 1.83 bits per heavy atom. The first-order valence-electron chi connectivity index (χ1n) is 7.28. The first-order chi connectivity index (χ1) is 11.2. The van der Waals surface area contributed by atoms with E-state index >= 15 is 0 Å². The third kappa shape index (κ3) is 3.11. The van der Waals surface area contributed by atoms with E-state index in [2.05, 4.69) is 15.1 Å². The van der Waals surface area contributed by atoms with Gasteiger partial charge in [0.1, 0.15) is 0 Å². The van der Waals surface area contributed by atoms with E-state index in [1.165, 1.54) is 0 Å². The van der Waals surface area contributed by atoms with Crippen LogP contribution >= 0.6 is 0 Å². The van der Waals surface area contributed by atoms with Gasteiger partial charge in [-0.15, -0.1) is 0 Å². The Morgan fingerprint density at radius 3 is 2.48 bits per heavy atom. The molecule has 23 heavy (non-hydrogen) atoms. The Morgan fingerprint density at radius 1 is 1.13 bits per heavy atom. The molecule has 1 aromatic carbocycles. The Kier molecular flexibility index (Phi) is 4.14. The molecule has 0 saturated heterocycles. The van der Waals surface area contributed by atoms with Gasteiger partial charge in [-0.25, -0.2) is 14.8 Å². The quantitative estimate of drug-likeness (QED) is 0.693. The molecule has 0 spiro atoms. The minimum absolute atomic E-state index is 0.275. The third-order valence-corrected chi connectivity index (χ3v) is 3.34. The molecule has 116 valence electrons. The Balaban J connectivity index is 1.89. The smallest absolute Gasteiger partial charge is 0.358 e. The number of carbonyl (C=O) groups excluding carboxylic acids is 1. The van der Waals surface area contributed by atoms with Gasteiger partial charge in [0.25, 0.3) is 0 Å². The first-order valence-corrected chi connectivity index (χ1v) is 7.28. The summed E-state index contributed by atoms with van der Waals surface area (Å²) in [6.07, 6.45) is 3.45. The van der Waals surface area contributed by atoms with Crippen LogP contribution in [0.4, 0.5) is 0 Å². The zero-order valence-electron chi connectivity index (χ0n) is 12.9. The summed E-state index contributed by atoms with van der Waals surface area (Å²) in [7, 11) is 1.77. The molecule has 2 heterocycles. The summed E-state index contributed by atoms with van der Waals surface area (Å²) in [6.45, 7) is 2.08. The Labute approximate surface area is 133 Å². The lowest BCUT2D eigenvalue weighted by atomic mass is 10.2. The van der Waals surface area contributed by atoms with Crippen molar-refractivity contribution in [3.8, 4) is 22.6 Å². The minimum Gasteiger partial charge on any atom is -0.461 e. The SMILES string of the molecule is CCOC(=O)c1cc(-c2cnc(-c3ccccc3)nc2)n(C)n1. The number of carbonyl (C=O) groups is 1. The van der Waals surface area contributed by atoms with Gasteiger partial charge in [0.05, 0.1) is 12.3 Å². The van der Waals surface area contributed by atoms with Crippen molar-refractivity contribution in [2.45, 2.75) is 6.92 Å². The minimum atomic E-state index is -0.434. The number of esters is 1. The number of rotatable bonds is 4. The summed E-state index contributed by atoms with van der Waals surface area (Å²) < 4.78 is 6.58. The predicted molar refractivity (Wildman–Crippen MR) is 85.6 cm³/mol. The van der Waals surface area contributed by atoms with Crippen molar-refractivity contribution in [2.24, 2.45) is 7.05 Å². The van der Waals surface area contributed by atoms with Crippen LogP contribution in [0, 0.1) is 0 Å². The second-order valence-electron chi connectivity index (χ2n) is 4.92. The van der Waals surface area contributed by atoms with Crippen molar-refractivity contribution in [1.29, 1.82) is 0 Å². The molecular weight excluding hydrogens is 292 g/mol. The molecule has 3 rings (SSSR count). The molecule has 0 saturated carbocycles. The van der Waals surface area contributed by atoms with Gasteiger partial charge in [-0.1, -0.05) is 30.3 Å². The molecule has 0 radical (unpaired) electrons. The van der Waals surface area contributed by atoms with Crippen LogP contribution < -0.4 is 0 Å². The molecule has 6 nitrogen and oxygen atoms in total. The third-order valence-electron chi connectivity index (χ3n) is 3.34. The summed E-state index contributed by atoms with van der Waals surface area (Å²) in [5.41, 5.74) is 2.77. The van der Waals surface area contributed by atoms with E-state index in [9.17, 15) is 4.79 Å². The van der Waals surface area contributed by atoms with E-state index in [-0.39, 0.29) is 5.69 Å². The van der Waals surface area contributed by atoms with Crippen LogP contribution in [0.3, 0.4) is 0 Å². The lowest BCUT2D eigenvalue weighted by Gasteiger charge is -2.03. The Hall–Kier alpha value is -3.02. The number of nitrogens with zero attached hydrogens (tertiary/aromatic N) is 4. The van der Waals surface area contributed by atoms with Crippen molar-refractivity contribution >= 4 is 5.97 Å². The van der Waals surface area contributed by atoms with Gasteiger partial charge in [-0.2, -0.15) is 5.10 Å². The highest BCUT2D eigenvalue weighted by Gasteiger charge is 2.15. The van der Waals surface area contributed by atoms with Crippen LogP contribution in [0.15, 0.2) is 48.8 Å². The van der Waals surface area contributed by atoms with Gasteiger partial charge < -0.3 is 4.74 Å². The highest BCUT2D eigenvalue weighted by Crippen LogP contribution is 2.21. The Bertz CT molecular complexity index is 810. The van der Waals surface area contributed by atoms with Gasteiger partial charge in [-0.3, -0.25) is 4.68 Å². The molecule has 0 amide bonds. The molecule has 2 aromatic heterocycles. The number of ether oxygens (including phenoxy) is 1. The van der Waals surface area contributed by atoms with Gasteiger partial charge in [0.15, 0.2) is 11.5 Å². The lowest BCUT2D eigenvalue weighted by Crippen LogP contribution is -2.05. The summed E-state index contributed by atoms with van der Waals surface area (Å²) in [5, 5.41) is 4.17. The van der Waals surface area contributed by atoms with E-state index in [1.54, 1.807) is 37.1 Å². The van der Waals surface area contributed by atoms with Crippen molar-refractivity contribution in [1.82, 2.24) is 19.7 Å². The fraction of sp³-hybridized carbons (Fsp3) is 0.176. The number of hydrogen-bond acceptors (Lipinski definition) is 5. The zero-order valence-corrected chi connectivity index (χ0v) is 12.9. The van der Waals surface area contributed by atoms with Crippen LogP contribution in [0.25, 0.3) is 22.6 Å². The molecule has 0 atom stereocenters. The monoisotopic (exact) mass is 308 g/mol. The average molecular weight is 308 g/mol. The maximum absolute atomic E-state index is 11.8. The molecule has 0 aliphatic carbocycles. The highest BCUT2D eigenvalue weighted by atomic mass is 16.5. The van der Waals surface area contributed by atoms with Gasteiger partial charge in [-0.05, 0) is 13.0 Å². The second-order valence-corrected chi connectivity index (χ2v) is 4.92. The van der Waals surface area contributed by atoms with Gasteiger partial charge >= 0.3 is 5.97 Å². The van der Waals surface area contributed by atoms with Crippen molar-refractivity contribution in [2.75, 3.05) is 6.61 Å². The average Bonchev–Trinajstić information content (AvgIpc) is 2.98. The van der Waals surface area contributed by atoms with E-state index < -0.39 is 5.97 Å². The number of hydrogen-bond donors (Lipinski definition) is 0. The molecule has 0 aliphatic rings. The van der Waals surface area contributed by atoms with Crippen LogP contribution in [-0.4, -0.2) is 32.3 Å². The van der Waals surface area contributed by atoms with E-state index in [0.29, 0.717) is 12.4 Å². The molecule has 0 fully saturated rings. The lowest BCUT2D eigenvalue weighted by molar-refractivity contribution is 0.0518. The molecule has 0 bridgehead atoms. The van der Waals surface area contributed by atoms with Crippen LogP contribution in [0.2, 0.25) is 0 Å². The topological polar surface area (TPSA) is 69.9 Å². The van der Waals surface area contributed by atoms with Crippen molar-refractivity contribution in [3.05, 3.63) is 54.5 Å². The van der Waals surface area contributed by atoms with Gasteiger partial charge in [0.2, 0.25) is 0 Å². The number of benzene rings is 1. The van der Waals surface area contributed by atoms with E-state index in [1.807, 2.05) is 30.3 Å². The first kappa shape index (κ1) is 14.9. The molecule has 0 N–H and O–H groups in total. The van der Waals surface area contributed by atoms with Crippen molar-refractivity contribution in [3.63, 3.8) is 0 Å². The summed E-state index contributed by atoms with van der Waals surface area (Å²) in [6, 6.07) is 11.4. The standard InChI is InChI=1S/C17H16N4O2/c1-3-23-17(22)14-9-15(21(2)20-14)13-10-18-16(19-11-13)12-7-5-4-6-8-12/h4-11H,3H2,1-2H3. The normalized spacial score (nSPS) is 10.5. The van der Waals surface area contributed by atoms with E-state index in [0.717, 1.165) is 16.8 Å². The molecule has 6 heteroatoms. The second kappa shape index (κ2) is 6.39. The number of aromatic nitrogens is 4. The summed E-state index contributed by atoms with van der Waals surface area (Å²) >= 11 is 0. The fourth-order valence-electron chi connectivity index (χ4n) is 2.24. The molecular formula is C17H16N4O2. The fourth-order valence-corrected chi connectivity index (χ4v) is 2.24.